The summed E-state index contributed by atoms with van der Waals surface area (Å²) in [5, 5.41) is 1.31. The Hall–Kier alpha value is -2.23. The van der Waals surface area contributed by atoms with Crippen molar-refractivity contribution < 1.29 is 14.3 Å². The van der Waals surface area contributed by atoms with E-state index in [0.29, 0.717) is 10.0 Å². The summed E-state index contributed by atoms with van der Waals surface area (Å²) in [7, 11) is 0. The average molecular weight is 363 g/mol. The summed E-state index contributed by atoms with van der Waals surface area (Å²) in [6, 6.07) is 14.7. The predicted octanol–water partition coefficient (Wildman–Crippen LogP) is 5.87. The van der Waals surface area contributed by atoms with Gasteiger partial charge in [-0.15, -0.1) is 0 Å². The van der Waals surface area contributed by atoms with Crippen molar-refractivity contribution in [2.75, 3.05) is 13.2 Å². The zero-order valence-corrected chi connectivity index (χ0v) is 14.3. The third kappa shape index (κ3) is 6.90. The lowest BCUT2D eigenvalue weighted by molar-refractivity contribution is 0.0720. The summed E-state index contributed by atoms with van der Waals surface area (Å²) >= 11 is 11.8. The van der Waals surface area contributed by atoms with Crippen molar-refractivity contribution in [3.05, 3.63) is 81.9 Å². The van der Waals surface area contributed by atoms with Crippen LogP contribution in [0.5, 0.6) is 0 Å². The van der Waals surface area contributed by atoms with Crippen molar-refractivity contribution in [2.45, 2.75) is 0 Å². The number of ether oxygens (including phenoxy) is 2. The summed E-state index contributed by atoms with van der Waals surface area (Å²) in [6.45, 7) is 0.257. The van der Waals surface area contributed by atoms with E-state index in [-0.39, 0.29) is 13.2 Å². The van der Waals surface area contributed by atoms with Crippen LogP contribution in [0.25, 0.3) is 12.2 Å². The Morgan fingerprint density at radius 3 is 1.71 bits per heavy atom. The van der Waals surface area contributed by atoms with Gasteiger partial charge in [-0.3, -0.25) is 0 Å². The average Bonchev–Trinajstić information content (AvgIpc) is 2.56. The Labute approximate surface area is 151 Å². The molecular formula is C19H16Cl2O3. The Bertz CT molecular complexity index is 677. The van der Waals surface area contributed by atoms with Crippen LogP contribution in [0.4, 0.5) is 4.79 Å². The van der Waals surface area contributed by atoms with Gasteiger partial charge in [-0.05, 0) is 47.5 Å². The first-order valence-electron chi connectivity index (χ1n) is 7.27. The lowest BCUT2D eigenvalue weighted by Crippen LogP contribution is -2.07. The smallest absolute Gasteiger partial charge is 0.430 e. The molecule has 0 fully saturated rings. The van der Waals surface area contributed by atoms with Crippen LogP contribution >= 0.6 is 23.2 Å². The standard InChI is InChI=1S/C19H16Cl2O3/c20-17-9-1-5-15(13-17)7-3-11-23-19(22)24-12-4-8-16-6-2-10-18(21)14-16/h1-10,13-14H,11-12H2. The van der Waals surface area contributed by atoms with Gasteiger partial charge in [0.25, 0.3) is 0 Å². The van der Waals surface area contributed by atoms with Gasteiger partial charge in [0, 0.05) is 10.0 Å². The first kappa shape index (κ1) is 18.1. The van der Waals surface area contributed by atoms with Crippen molar-refractivity contribution in [3.63, 3.8) is 0 Å². The van der Waals surface area contributed by atoms with Crippen LogP contribution in [0, 0.1) is 0 Å². The molecule has 0 unspecified atom stereocenters. The van der Waals surface area contributed by atoms with E-state index in [1.165, 1.54) is 0 Å². The highest BCUT2D eigenvalue weighted by atomic mass is 35.5. The van der Waals surface area contributed by atoms with Crippen molar-refractivity contribution in [2.24, 2.45) is 0 Å². The molecule has 0 atom stereocenters. The Kier molecular flexibility index (Phi) is 7.40. The fourth-order valence-electron chi connectivity index (χ4n) is 1.86. The molecule has 0 radical (unpaired) electrons. The van der Waals surface area contributed by atoms with Gasteiger partial charge < -0.3 is 9.47 Å². The molecule has 0 amide bonds. The second-order valence-electron chi connectivity index (χ2n) is 4.79. The number of carbonyl (C=O) groups is 1. The third-order valence-corrected chi connectivity index (χ3v) is 3.38. The van der Waals surface area contributed by atoms with E-state index in [2.05, 4.69) is 0 Å². The summed E-state index contributed by atoms with van der Waals surface area (Å²) in [6.07, 6.45) is 6.35. The number of rotatable bonds is 6. The van der Waals surface area contributed by atoms with E-state index in [1.54, 1.807) is 24.3 Å². The van der Waals surface area contributed by atoms with E-state index < -0.39 is 6.16 Å². The summed E-state index contributed by atoms with van der Waals surface area (Å²) < 4.78 is 9.86. The number of halogens is 2. The van der Waals surface area contributed by atoms with Gasteiger partial charge in [0.2, 0.25) is 0 Å². The Morgan fingerprint density at radius 2 is 1.29 bits per heavy atom. The SMILES string of the molecule is O=C(OCC=Cc1cccc(Cl)c1)OCC=Cc1cccc(Cl)c1. The second kappa shape index (κ2) is 9.81. The molecule has 0 aromatic heterocycles. The third-order valence-electron chi connectivity index (χ3n) is 2.91. The maximum Gasteiger partial charge on any atom is 0.508 e. The lowest BCUT2D eigenvalue weighted by atomic mass is 10.2. The molecule has 0 spiro atoms. The zero-order chi connectivity index (χ0) is 17.2. The van der Waals surface area contributed by atoms with E-state index in [0.717, 1.165) is 11.1 Å². The molecule has 24 heavy (non-hydrogen) atoms. The van der Waals surface area contributed by atoms with Crippen LogP contribution in [0.3, 0.4) is 0 Å². The first-order valence-corrected chi connectivity index (χ1v) is 8.03. The van der Waals surface area contributed by atoms with Gasteiger partial charge in [0.05, 0.1) is 0 Å². The molecule has 0 aliphatic rings. The number of hydrogen-bond donors (Lipinski definition) is 0. The van der Waals surface area contributed by atoms with E-state index in [9.17, 15) is 4.79 Å². The molecule has 0 bridgehead atoms. The van der Waals surface area contributed by atoms with Crippen LogP contribution in [0.2, 0.25) is 10.0 Å². The highest BCUT2D eigenvalue weighted by Crippen LogP contribution is 2.12. The Balaban J connectivity index is 1.66. The van der Waals surface area contributed by atoms with Crippen molar-refractivity contribution in [1.82, 2.24) is 0 Å². The highest BCUT2D eigenvalue weighted by Gasteiger charge is 2.00. The summed E-state index contributed by atoms with van der Waals surface area (Å²) in [5.74, 6) is 0. The van der Waals surface area contributed by atoms with Crippen LogP contribution in [-0.4, -0.2) is 19.4 Å². The van der Waals surface area contributed by atoms with Crippen LogP contribution in [0.15, 0.2) is 60.7 Å². The second-order valence-corrected chi connectivity index (χ2v) is 5.66. The number of benzene rings is 2. The van der Waals surface area contributed by atoms with E-state index in [4.69, 9.17) is 32.7 Å². The molecule has 124 valence electrons. The summed E-state index contributed by atoms with van der Waals surface area (Å²) in [4.78, 5) is 11.4. The van der Waals surface area contributed by atoms with Crippen molar-refractivity contribution in [3.8, 4) is 0 Å². The van der Waals surface area contributed by atoms with Crippen LogP contribution in [-0.2, 0) is 9.47 Å². The molecule has 0 N–H and O–H groups in total. The minimum Gasteiger partial charge on any atom is -0.430 e. The maximum absolute atomic E-state index is 11.4. The topological polar surface area (TPSA) is 35.5 Å². The van der Waals surface area contributed by atoms with Gasteiger partial charge in [-0.2, -0.15) is 0 Å². The lowest BCUT2D eigenvalue weighted by Gasteiger charge is -2.01. The highest BCUT2D eigenvalue weighted by molar-refractivity contribution is 6.31. The first-order chi connectivity index (χ1) is 11.6. The zero-order valence-electron chi connectivity index (χ0n) is 12.8. The van der Waals surface area contributed by atoms with Gasteiger partial charge in [0.1, 0.15) is 13.2 Å². The molecule has 5 heteroatoms. The molecule has 2 aromatic rings. The molecule has 2 rings (SSSR count). The van der Waals surface area contributed by atoms with Crippen molar-refractivity contribution >= 4 is 41.5 Å². The Morgan fingerprint density at radius 1 is 0.833 bits per heavy atom. The molecule has 2 aromatic carbocycles. The van der Waals surface area contributed by atoms with Gasteiger partial charge >= 0.3 is 6.16 Å². The number of carbonyl (C=O) groups excluding carboxylic acids is 1. The van der Waals surface area contributed by atoms with E-state index in [1.807, 2.05) is 48.6 Å². The maximum atomic E-state index is 11.4. The fraction of sp³-hybridized carbons (Fsp3) is 0.105. The molecule has 0 aliphatic heterocycles. The minimum atomic E-state index is -0.721. The fourth-order valence-corrected chi connectivity index (χ4v) is 2.26. The summed E-state index contributed by atoms with van der Waals surface area (Å²) in [5.41, 5.74) is 1.87. The normalized spacial score (nSPS) is 11.1. The molecule has 0 aliphatic carbocycles. The predicted molar refractivity (Wildman–Crippen MR) is 98.3 cm³/mol. The molecule has 0 saturated heterocycles. The molecular weight excluding hydrogens is 347 g/mol. The van der Waals surface area contributed by atoms with Gasteiger partial charge in [-0.25, -0.2) is 4.79 Å². The van der Waals surface area contributed by atoms with Crippen molar-refractivity contribution in [1.29, 1.82) is 0 Å². The quantitative estimate of drug-likeness (QED) is 0.602. The molecule has 0 saturated carbocycles. The largest absolute Gasteiger partial charge is 0.508 e. The monoisotopic (exact) mass is 362 g/mol. The molecule has 3 nitrogen and oxygen atoms in total. The molecule has 0 heterocycles. The van der Waals surface area contributed by atoms with E-state index >= 15 is 0 Å². The van der Waals surface area contributed by atoms with Gasteiger partial charge in [-0.1, -0.05) is 59.6 Å². The minimum absolute atomic E-state index is 0.128. The number of hydrogen-bond acceptors (Lipinski definition) is 3. The van der Waals surface area contributed by atoms with Crippen LogP contribution in [0.1, 0.15) is 11.1 Å². The van der Waals surface area contributed by atoms with Gasteiger partial charge in [0.15, 0.2) is 0 Å². The van der Waals surface area contributed by atoms with Crippen LogP contribution < -0.4 is 0 Å².